The highest BCUT2D eigenvalue weighted by Crippen LogP contribution is 2.09. The van der Waals surface area contributed by atoms with Crippen LogP contribution in [0.25, 0.3) is 0 Å². The van der Waals surface area contributed by atoms with Crippen molar-refractivity contribution in [1.82, 2.24) is 16.0 Å². The van der Waals surface area contributed by atoms with Crippen LogP contribution in [0.2, 0.25) is 0 Å². The van der Waals surface area contributed by atoms with Crippen LogP contribution >= 0.6 is 12.4 Å². The number of rotatable bonds is 9. The molecular formula is C16H27ClN4O3. The van der Waals surface area contributed by atoms with Gasteiger partial charge in [-0.2, -0.15) is 0 Å². The summed E-state index contributed by atoms with van der Waals surface area (Å²) >= 11 is 0. The number of nitrogens with one attached hydrogen (secondary N) is 4. The largest absolute Gasteiger partial charge is 0.383 e. The summed E-state index contributed by atoms with van der Waals surface area (Å²) in [5, 5.41) is 11.3. The van der Waals surface area contributed by atoms with E-state index in [1.807, 2.05) is 26.0 Å². The first-order valence-corrected chi connectivity index (χ1v) is 7.64. The molecule has 0 heterocycles. The van der Waals surface area contributed by atoms with Crippen LogP contribution < -0.4 is 21.3 Å². The third-order valence-electron chi connectivity index (χ3n) is 2.89. The third-order valence-corrected chi connectivity index (χ3v) is 2.89. The van der Waals surface area contributed by atoms with E-state index >= 15 is 0 Å². The van der Waals surface area contributed by atoms with Gasteiger partial charge in [-0.05, 0) is 31.5 Å². The van der Waals surface area contributed by atoms with Crippen molar-refractivity contribution in [1.29, 1.82) is 0 Å². The molecule has 136 valence electrons. The smallest absolute Gasteiger partial charge is 0.319 e. The Hall–Kier alpha value is -1.83. The molecule has 3 amide bonds. The number of carbonyl (C=O) groups excluding carboxylic acids is 2. The van der Waals surface area contributed by atoms with Gasteiger partial charge in [0.1, 0.15) is 0 Å². The van der Waals surface area contributed by atoms with Crippen molar-refractivity contribution < 1.29 is 14.3 Å². The molecule has 0 aliphatic heterocycles. The van der Waals surface area contributed by atoms with E-state index in [9.17, 15) is 9.59 Å². The second-order valence-electron chi connectivity index (χ2n) is 5.40. The average molecular weight is 359 g/mol. The quantitative estimate of drug-likeness (QED) is 0.503. The van der Waals surface area contributed by atoms with Crippen LogP contribution in [0.15, 0.2) is 24.3 Å². The zero-order valence-electron chi connectivity index (χ0n) is 14.3. The number of anilines is 1. The van der Waals surface area contributed by atoms with E-state index in [0.29, 0.717) is 25.4 Å². The Morgan fingerprint density at radius 2 is 1.83 bits per heavy atom. The van der Waals surface area contributed by atoms with Crippen LogP contribution in [0.4, 0.5) is 10.5 Å². The number of amides is 3. The molecule has 24 heavy (non-hydrogen) atoms. The summed E-state index contributed by atoms with van der Waals surface area (Å²) in [4.78, 5) is 23.2. The highest BCUT2D eigenvalue weighted by molar-refractivity contribution is 5.89. The molecule has 7 nitrogen and oxygen atoms in total. The summed E-state index contributed by atoms with van der Waals surface area (Å²) in [5.41, 5.74) is 1.67. The topological polar surface area (TPSA) is 91.5 Å². The van der Waals surface area contributed by atoms with E-state index in [4.69, 9.17) is 4.74 Å². The zero-order valence-corrected chi connectivity index (χ0v) is 15.2. The highest BCUT2D eigenvalue weighted by atomic mass is 35.5. The van der Waals surface area contributed by atoms with Gasteiger partial charge in [-0.15, -0.1) is 12.4 Å². The number of methoxy groups -OCH3 is 1. The first kappa shape index (κ1) is 22.2. The Labute approximate surface area is 149 Å². The Morgan fingerprint density at radius 3 is 2.42 bits per heavy atom. The Morgan fingerprint density at radius 1 is 1.17 bits per heavy atom. The minimum Gasteiger partial charge on any atom is -0.383 e. The van der Waals surface area contributed by atoms with Gasteiger partial charge in [-0.25, -0.2) is 4.79 Å². The summed E-state index contributed by atoms with van der Waals surface area (Å²) in [6.07, 6.45) is 0. The van der Waals surface area contributed by atoms with E-state index in [2.05, 4.69) is 21.3 Å². The SMILES string of the molecule is COCCNCC(=O)NCc1ccc(NC(=O)NC(C)C)cc1.Cl. The monoisotopic (exact) mass is 358 g/mol. The van der Waals surface area contributed by atoms with E-state index in [-0.39, 0.29) is 36.9 Å². The lowest BCUT2D eigenvalue weighted by molar-refractivity contribution is -0.120. The molecule has 0 fully saturated rings. The van der Waals surface area contributed by atoms with Gasteiger partial charge >= 0.3 is 6.03 Å². The maximum Gasteiger partial charge on any atom is 0.319 e. The van der Waals surface area contributed by atoms with E-state index < -0.39 is 0 Å². The van der Waals surface area contributed by atoms with Crippen LogP contribution in [0, 0.1) is 0 Å². The average Bonchev–Trinajstić information content (AvgIpc) is 2.50. The fourth-order valence-corrected chi connectivity index (χ4v) is 1.77. The molecule has 1 rings (SSSR count). The van der Waals surface area contributed by atoms with Gasteiger partial charge in [0.25, 0.3) is 0 Å². The molecule has 4 N–H and O–H groups in total. The predicted octanol–water partition coefficient (Wildman–Crippen LogP) is 1.49. The van der Waals surface area contributed by atoms with Crippen LogP contribution in [0.3, 0.4) is 0 Å². The lowest BCUT2D eigenvalue weighted by Gasteiger charge is -2.11. The van der Waals surface area contributed by atoms with Gasteiger partial charge in [0.05, 0.1) is 13.2 Å². The van der Waals surface area contributed by atoms with Crippen LogP contribution in [-0.4, -0.2) is 44.8 Å². The van der Waals surface area contributed by atoms with Gasteiger partial charge in [0, 0.05) is 31.9 Å². The molecule has 0 saturated heterocycles. The van der Waals surface area contributed by atoms with E-state index in [1.54, 1.807) is 19.2 Å². The molecule has 1 aromatic rings. The number of ether oxygens (including phenoxy) is 1. The van der Waals surface area contributed by atoms with Crippen LogP contribution in [0.1, 0.15) is 19.4 Å². The maximum absolute atomic E-state index is 11.6. The summed E-state index contributed by atoms with van der Waals surface area (Å²) in [6, 6.07) is 7.19. The molecule has 0 unspecified atom stereocenters. The first-order valence-electron chi connectivity index (χ1n) is 7.64. The molecule has 1 aromatic carbocycles. The third kappa shape index (κ3) is 10.0. The van der Waals surface area contributed by atoms with Crippen molar-refractivity contribution in [3.05, 3.63) is 29.8 Å². The van der Waals surface area contributed by atoms with Gasteiger partial charge in [-0.1, -0.05) is 12.1 Å². The van der Waals surface area contributed by atoms with E-state index in [0.717, 1.165) is 5.56 Å². The molecule has 0 atom stereocenters. The maximum atomic E-state index is 11.6. The summed E-state index contributed by atoms with van der Waals surface area (Å²) in [5.74, 6) is -0.0698. The molecule has 0 saturated carbocycles. The van der Waals surface area contributed by atoms with Gasteiger partial charge < -0.3 is 26.0 Å². The lowest BCUT2D eigenvalue weighted by Crippen LogP contribution is -2.35. The van der Waals surface area contributed by atoms with Crippen molar-refractivity contribution in [3.63, 3.8) is 0 Å². The van der Waals surface area contributed by atoms with Gasteiger partial charge in [0.2, 0.25) is 5.91 Å². The molecule has 0 aromatic heterocycles. The van der Waals surface area contributed by atoms with Crippen molar-refractivity contribution >= 4 is 30.0 Å². The number of urea groups is 1. The Bertz CT molecular complexity index is 495. The minimum absolute atomic E-state index is 0. The van der Waals surface area contributed by atoms with Crippen LogP contribution in [-0.2, 0) is 16.1 Å². The van der Waals surface area contributed by atoms with Crippen LogP contribution in [0.5, 0.6) is 0 Å². The minimum atomic E-state index is -0.233. The predicted molar refractivity (Wildman–Crippen MR) is 97.6 cm³/mol. The zero-order chi connectivity index (χ0) is 17.1. The number of carbonyl (C=O) groups is 2. The highest BCUT2D eigenvalue weighted by Gasteiger charge is 2.04. The van der Waals surface area contributed by atoms with Gasteiger partial charge in [-0.3, -0.25) is 4.79 Å². The molecule has 0 radical (unpaired) electrons. The fourth-order valence-electron chi connectivity index (χ4n) is 1.77. The standard InChI is InChI=1S/C16H26N4O3.ClH/c1-12(2)19-16(22)20-14-6-4-13(5-7-14)10-18-15(21)11-17-8-9-23-3;/h4-7,12,17H,8-11H2,1-3H3,(H,18,21)(H2,19,20,22);1H. The summed E-state index contributed by atoms with van der Waals surface area (Å²) < 4.78 is 4.88. The molecule has 8 heteroatoms. The molecule has 0 aliphatic carbocycles. The molecular weight excluding hydrogens is 332 g/mol. The van der Waals surface area contributed by atoms with Gasteiger partial charge in [0.15, 0.2) is 0 Å². The molecule has 0 spiro atoms. The number of hydrogen-bond acceptors (Lipinski definition) is 4. The number of benzene rings is 1. The molecule has 0 bridgehead atoms. The van der Waals surface area contributed by atoms with Crippen molar-refractivity contribution in [2.24, 2.45) is 0 Å². The van der Waals surface area contributed by atoms with Crippen molar-refractivity contribution in [3.8, 4) is 0 Å². The Balaban J connectivity index is 0.00000529. The second-order valence-corrected chi connectivity index (χ2v) is 5.40. The Kier molecular flexibility index (Phi) is 11.6. The number of hydrogen-bond donors (Lipinski definition) is 4. The fraction of sp³-hybridized carbons (Fsp3) is 0.500. The van der Waals surface area contributed by atoms with Crippen molar-refractivity contribution in [2.45, 2.75) is 26.4 Å². The number of halogens is 1. The summed E-state index contributed by atoms with van der Waals surface area (Å²) in [6.45, 7) is 5.72. The summed E-state index contributed by atoms with van der Waals surface area (Å²) in [7, 11) is 1.62. The van der Waals surface area contributed by atoms with E-state index in [1.165, 1.54) is 0 Å². The first-order chi connectivity index (χ1) is 11.0. The molecule has 0 aliphatic rings. The lowest BCUT2D eigenvalue weighted by atomic mass is 10.2. The van der Waals surface area contributed by atoms with Crippen molar-refractivity contribution in [2.75, 3.05) is 32.1 Å². The normalized spacial score (nSPS) is 10.0. The second kappa shape index (κ2) is 12.6.